The van der Waals surface area contributed by atoms with E-state index in [-0.39, 0.29) is 6.61 Å². The molecular weight excluding hydrogens is 340 g/mol. The number of benzene rings is 1. The van der Waals surface area contributed by atoms with Crippen molar-refractivity contribution in [3.05, 3.63) is 47.0 Å². The molecule has 0 fully saturated rings. The minimum absolute atomic E-state index is 0.132. The number of esters is 2. The van der Waals surface area contributed by atoms with E-state index in [9.17, 15) is 9.59 Å². The van der Waals surface area contributed by atoms with Gasteiger partial charge < -0.3 is 9.47 Å². The second-order valence-electron chi connectivity index (χ2n) is 5.86. The van der Waals surface area contributed by atoms with Crippen LogP contribution in [0.4, 0.5) is 0 Å². The summed E-state index contributed by atoms with van der Waals surface area (Å²) in [5.74, 6) is -1.10. The van der Waals surface area contributed by atoms with E-state index in [4.69, 9.17) is 21.1 Å². The molecule has 4 nitrogen and oxygen atoms in total. The highest BCUT2D eigenvalue weighted by Crippen LogP contribution is 2.10. The fourth-order valence-electron chi connectivity index (χ4n) is 2.20. The van der Waals surface area contributed by atoms with Crippen LogP contribution in [0.15, 0.2) is 36.4 Å². The molecule has 1 aromatic carbocycles. The van der Waals surface area contributed by atoms with Crippen LogP contribution in [0.1, 0.15) is 57.4 Å². The predicted molar refractivity (Wildman–Crippen MR) is 99.3 cm³/mol. The lowest BCUT2D eigenvalue weighted by atomic mass is 10.1. The standard InChI is InChI=1S/C20H27ClO4/c1-2-3-4-5-6-7-8-15-24-19(22)13-14-20(23)25-16-17-9-11-18(21)12-10-17/h9-14H,2-8,15-16H2,1H3/b14-13+. The number of ether oxygens (including phenoxy) is 2. The molecule has 25 heavy (non-hydrogen) atoms. The number of rotatable bonds is 12. The highest BCUT2D eigenvalue weighted by Gasteiger charge is 2.02. The van der Waals surface area contributed by atoms with Crippen LogP contribution in [-0.2, 0) is 25.7 Å². The van der Waals surface area contributed by atoms with Gasteiger partial charge >= 0.3 is 11.9 Å². The van der Waals surface area contributed by atoms with Crippen molar-refractivity contribution in [2.24, 2.45) is 0 Å². The Bertz CT molecular complexity index is 537. The van der Waals surface area contributed by atoms with Crippen LogP contribution < -0.4 is 0 Å². The summed E-state index contributed by atoms with van der Waals surface area (Å²) < 4.78 is 10.1. The van der Waals surface area contributed by atoms with Crippen LogP contribution in [0, 0.1) is 0 Å². The van der Waals surface area contributed by atoms with E-state index >= 15 is 0 Å². The Morgan fingerprint density at radius 3 is 2.08 bits per heavy atom. The highest BCUT2D eigenvalue weighted by atomic mass is 35.5. The van der Waals surface area contributed by atoms with Crippen molar-refractivity contribution in [3.63, 3.8) is 0 Å². The highest BCUT2D eigenvalue weighted by molar-refractivity contribution is 6.30. The fourth-order valence-corrected chi connectivity index (χ4v) is 2.33. The van der Waals surface area contributed by atoms with E-state index in [1.165, 1.54) is 32.1 Å². The van der Waals surface area contributed by atoms with Gasteiger partial charge in [0.2, 0.25) is 0 Å². The molecule has 0 spiro atoms. The Labute approximate surface area is 155 Å². The van der Waals surface area contributed by atoms with Crippen molar-refractivity contribution in [3.8, 4) is 0 Å². The first-order valence-electron chi connectivity index (χ1n) is 8.88. The summed E-state index contributed by atoms with van der Waals surface area (Å²) in [5.41, 5.74) is 0.827. The van der Waals surface area contributed by atoms with Gasteiger partial charge in [0.05, 0.1) is 6.61 Å². The van der Waals surface area contributed by atoms with E-state index in [2.05, 4.69) is 6.92 Å². The molecule has 0 aliphatic rings. The van der Waals surface area contributed by atoms with Crippen molar-refractivity contribution in [1.82, 2.24) is 0 Å². The van der Waals surface area contributed by atoms with Crippen LogP contribution in [0.2, 0.25) is 5.02 Å². The smallest absolute Gasteiger partial charge is 0.331 e. The third kappa shape index (κ3) is 11.4. The van der Waals surface area contributed by atoms with Crippen molar-refractivity contribution in [2.75, 3.05) is 6.61 Å². The van der Waals surface area contributed by atoms with Crippen molar-refractivity contribution in [1.29, 1.82) is 0 Å². The molecule has 1 rings (SSSR count). The zero-order chi connectivity index (χ0) is 18.3. The quantitative estimate of drug-likeness (QED) is 0.288. The Morgan fingerprint density at radius 2 is 1.44 bits per heavy atom. The van der Waals surface area contributed by atoms with Crippen LogP contribution in [0.3, 0.4) is 0 Å². The minimum atomic E-state index is -0.581. The summed E-state index contributed by atoms with van der Waals surface area (Å²) in [6.45, 7) is 2.71. The first kappa shape index (κ1) is 21.2. The van der Waals surface area contributed by atoms with E-state index in [1.807, 2.05) is 0 Å². The second kappa shape index (κ2) is 13.5. The molecule has 0 saturated carbocycles. The molecule has 0 amide bonds. The third-order valence-corrected chi connectivity index (χ3v) is 3.89. The summed E-state index contributed by atoms with van der Waals surface area (Å²) in [7, 11) is 0. The average molecular weight is 367 g/mol. The zero-order valence-electron chi connectivity index (χ0n) is 14.8. The number of hydrogen-bond acceptors (Lipinski definition) is 4. The molecule has 0 heterocycles. The molecule has 5 heteroatoms. The van der Waals surface area contributed by atoms with E-state index in [0.717, 1.165) is 30.6 Å². The van der Waals surface area contributed by atoms with Crippen LogP contribution in [-0.4, -0.2) is 18.5 Å². The maximum Gasteiger partial charge on any atom is 0.331 e. The predicted octanol–water partition coefficient (Wildman–Crippen LogP) is 5.23. The van der Waals surface area contributed by atoms with E-state index < -0.39 is 11.9 Å². The second-order valence-corrected chi connectivity index (χ2v) is 6.29. The molecule has 0 bridgehead atoms. The molecule has 1 aromatic rings. The molecule has 0 aliphatic carbocycles. The lowest BCUT2D eigenvalue weighted by Crippen LogP contribution is -2.05. The topological polar surface area (TPSA) is 52.6 Å². The fraction of sp³-hybridized carbons (Fsp3) is 0.500. The maximum atomic E-state index is 11.5. The van der Waals surface area contributed by atoms with Crippen LogP contribution >= 0.6 is 11.6 Å². The van der Waals surface area contributed by atoms with Crippen LogP contribution in [0.5, 0.6) is 0 Å². The summed E-state index contributed by atoms with van der Waals surface area (Å²) in [6, 6.07) is 7.00. The van der Waals surface area contributed by atoms with Gasteiger partial charge in [-0.3, -0.25) is 0 Å². The molecule has 138 valence electrons. The Hall–Kier alpha value is -1.81. The molecule has 0 saturated heterocycles. The Morgan fingerprint density at radius 1 is 0.880 bits per heavy atom. The SMILES string of the molecule is CCCCCCCCCOC(=O)/C=C/C(=O)OCc1ccc(Cl)cc1. The first-order chi connectivity index (χ1) is 12.1. The normalized spacial score (nSPS) is 10.8. The molecule has 0 N–H and O–H groups in total. The largest absolute Gasteiger partial charge is 0.463 e. The van der Waals surface area contributed by atoms with Gasteiger partial charge in [0, 0.05) is 17.2 Å². The number of halogens is 1. The average Bonchev–Trinajstić information content (AvgIpc) is 2.61. The van der Waals surface area contributed by atoms with Gasteiger partial charge in [-0.25, -0.2) is 9.59 Å². The third-order valence-electron chi connectivity index (χ3n) is 3.64. The maximum absolute atomic E-state index is 11.5. The lowest BCUT2D eigenvalue weighted by Gasteiger charge is -2.03. The van der Waals surface area contributed by atoms with Gasteiger partial charge in [0.1, 0.15) is 6.61 Å². The monoisotopic (exact) mass is 366 g/mol. The zero-order valence-corrected chi connectivity index (χ0v) is 15.6. The van der Waals surface area contributed by atoms with Gasteiger partial charge in [0.25, 0.3) is 0 Å². The van der Waals surface area contributed by atoms with Gasteiger partial charge in [-0.2, -0.15) is 0 Å². The molecule has 0 unspecified atom stereocenters. The number of carbonyl (C=O) groups excluding carboxylic acids is 2. The van der Waals surface area contributed by atoms with Gasteiger partial charge in [0.15, 0.2) is 0 Å². The number of carbonyl (C=O) groups is 2. The summed E-state index contributed by atoms with van der Waals surface area (Å²) >= 11 is 5.78. The number of hydrogen-bond donors (Lipinski definition) is 0. The molecule has 0 radical (unpaired) electrons. The summed E-state index contributed by atoms with van der Waals surface area (Å²) in [6.07, 6.45) is 10.3. The number of unbranched alkanes of at least 4 members (excludes halogenated alkanes) is 6. The van der Waals surface area contributed by atoms with Crippen LogP contribution in [0.25, 0.3) is 0 Å². The molecule has 0 aromatic heterocycles. The van der Waals surface area contributed by atoms with Gasteiger partial charge in [-0.1, -0.05) is 69.2 Å². The van der Waals surface area contributed by atoms with E-state index in [1.54, 1.807) is 24.3 Å². The first-order valence-corrected chi connectivity index (χ1v) is 9.25. The minimum Gasteiger partial charge on any atom is -0.463 e. The summed E-state index contributed by atoms with van der Waals surface area (Å²) in [4.78, 5) is 23.0. The molecule has 0 aliphatic heterocycles. The van der Waals surface area contributed by atoms with Crippen molar-refractivity contribution >= 4 is 23.5 Å². The van der Waals surface area contributed by atoms with Crippen molar-refractivity contribution < 1.29 is 19.1 Å². The Kier molecular flexibility index (Phi) is 11.4. The van der Waals surface area contributed by atoms with Gasteiger partial charge in [-0.05, 0) is 24.1 Å². The molecular formula is C20H27ClO4. The van der Waals surface area contributed by atoms with E-state index in [0.29, 0.717) is 11.6 Å². The lowest BCUT2D eigenvalue weighted by molar-refractivity contribution is -0.141. The summed E-state index contributed by atoms with van der Waals surface area (Å²) in [5, 5.41) is 0.624. The molecule has 0 atom stereocenters. The van der Waals surface area contributed by atoms with Crippen molar-refractivity contribution in [2.45, 2.75) is 58.5 Å². The Balaban J connectivity index is 2.08. The van der Waals surface area contributed by atoms with Gasteiger partial charge in [-0.15, -0.1) is 0 Å².